The number of furan rings is 1. The molecule has 90 valence electrons. The molecule has 2 rings (SSSR count). The molecule has 1 aromatic rings. The van der Waals surface area contributed by atoms with Crippen molar-refractivity contribution in [2.75, 3.05) is 26.2 Å². The minimum atomic E-state index is 0.880. The zero-order valence-electron chi connectivity index (χ0n) is 10.1. The molecule has 0 radical (unpaired) electrons. The molecule has 0 aliphatic carbocycles. The summed E-state index contributed by atoms with van der Waals surface area (Å²) in [6.45, 7) is 7.86. The molecule has 0 spiro atoms. The van der Waals surface area contributed by atoms with E-state index in [1.54, 1.807) is 6.26 Å². The predicted octanol–water partition coefficient (Wildman–Crippen LogP) is 2.10. The molecule has 0 aromatic carbocycles. The summed E-state index contributed by atoms with van der Waals surface area (Å²) in [6, 6.07) is 4.02. The van der Waals surface area contributed by atoms with Gasteiger partial charge in [-0.2, -0.15) is 0 Å². The quantitative estimate of drug-likeness (QED) is 0.799. The van der Waals surface area contributed by atoms with Crippen molar-refractivity contribution in [2.45, 2.75) is 26.3 Å². The van der Waals surface area contributed by atoms with E-state index in [9.17, 15) is 0 Å². The Morgan fingerprint density at radius 2 is 2.50 bits per heavy atom. The number of nitrogens with zero attached hydrogens (tertiary/aromatic N) is 1. The first-order chi connectivity index (χ1) is 7.88. The third kappa shape index (κ3) is 3.35. The second-order valence-electron chi connectivity index (χ2n) is 4.60. The first kappa shape index (κ1) is 11.7. The van der Waals surface area contributed by atoms with Crippen LogP contribution in [0.4, 0.5) is 0 Å². The van der Waals surface area contributed by atoms with Crippen LogP contribution in [0.1, 0.15) is 25.5 Å². The Morgan fingerprint density at radius 3 is 3.12 bits per heavy atom. The number of hydrogen-bond acceptors (Lipinski definition) is 3. The molecule has 1 aliphatic rings. The van der Waals surface area contributed by atoms with Crippen molar-refractivity contribution in [1.29, 1.82) is 0 Å². The Morgan fingerprint density at radius 1 is 1.56 bits per heavy atom. The molecule has 1 saturated heterocycles. The SMILES string of the molecule is CCN(CCC1CCNC1)Cc1ccco1. The fourth-order valence-electron chi connectivity index (χ4n) is 2.30. The van der Waals surface area contributed by atoms with Crippen molar-refractivity contribution in [1.82, 2.24) is 10.2 Å². The van der Waals surface area contributed by atoms with Crippen molar-refractivity contribution in [3.05, 3.63) is 24.2 Å². The van der Waals surface area contributed by atoms with Gasteiger partial charge in [0, 0.05) is 0 Å². The van der Waals surface area contributed by atoms with Crippen molar-refractivity contribution in [3.63, 3.8) is 0 Å². The van der Waals surface area contributed by atoms with Gasteiger partial charge in [0.1, 0.15) is 5.76 Å². The largest absolute Gasteiger partial charge is 0.468 e. The maximum atomic E-state index is 5.38. The van der Waals surface area contributed by atoms with Crippen molar-refractivity contribution in [2.24, 2.45) is 5.92 Å². The number of rotatable bonds is 6. The van der Waals surface area contributed by atoms with E-state index in [0.717, 1.165) is 24.8 Å². The highest BCUT2D eigenvalue weighted by molar-refractivity contribution is 4.97. The molecule has 0 amide bonds. The average Bonchev–Trinajstić information content (AvgIpc) is 2.97. The van der Waals surface area contributed by atoms with Gasteiger partial charge < -0.3 is 9.73 Å². The molecule has 1 N–H and O–H groups in total. The third-order valence-electron chi connectivity index (χ3n) is 3.42. The van der Waals surface area contributed by atoms with Gasteiger partial charge in [0.15, 0.2) is 0 Å². The molecule has 3 nitrogen and oxygen atoms in total. The highest BCUT2D eigenvalue weighted by atomic mass is 16.3. The Labute approximate surface area is 97.8 Å². The van der Waals surface area contributed by atoms with Crippen LogP contribution in [-0.2, 0) is 6.54 Å². The topological polar surface area (TPSA) is 28.4 Å². The molecule has 1 aliphatic heterocycles. The molecule has 1 aromatic heterocycles. The van der Waals surface area contributed by atoms with Gasteiger partial charge in [-0.25, -0.2) is 0 Å². The van der Waals surface area contributed by atoms with Gasteiger partial charge in [-0.3, -0.25) is 4.90 Å². The van der Waals surface area contributed by atoms with Gasteiger partial charge in [0.25, 0.3) is 0 Å². The Balaban J connectivity index is 1.72. The lowest BCUT2D eigenvalue weighted by Crippen LogP contribution is -2.26. The van der Waals surface area contributed by atoms with Gasteiger partial charge in [0.2, 0.25) is 0 Å². The van der Waals surface area contributed by atoms with Crippen LogP contribution < -0.4 is 5.32 Å². The number of nitrogens with one attached hydrogen (secondary N) is 1. The van der Waals surface area contributed by atoms with Crippen LogP contribution in [0, 0.1) is 5.92 Å². The minimum Gasteiger partial charge on any atom is -0.468 e. The van der Waals surface area contributed by atoms with Crippen LogP contribution in [0.15, 0.2) is 22.8 Å². The molecule has 16 heavy (non-hydrogen) atoms. The lowest BCUT2D eigenvalue weighted by atomic mass is 10.0. The first-order valence-electron chi connectivity index (χ1n) is 6.34. The van der Waals surface area contributed by atoms with Crippen LogP contribution in [-0.4, -0.2) is 31.1 Å². The maximum absolute atomic E-state index is 5.38. The standard InChI is InChI=1S/C13H22N2O/c1-2-15(11-13-4-3-9-16-13)8-6-12-5-7-14-10-12/h3-4,9,12,14H,2,5-8,10-11H2,1H3. The first-order valence-corrected chi connectivity index (χ1v) is 6.34. The van der Waals surface area contributed by atoms with Crippen molar-refractivity contribution >= 4 is 0 Å². The van der Waals surface area contributed by atoms with Crippen LogP contribution in [0.25, 0.3) is 0 Å². The lowest BCUT2D eigenvalue weighted by molar-refractivity contribution is 0.239. The molecule has 2 heterocycles. The van der Waals surface area contributed by atoms with Crippen LogP contribution >= 0.6 is 0 Å². The zero-order chi connectivity index (χ0) is 11.2. The van der Waals surface area contributed by atoms with Crippen molar-refractivity contribution < 1.29 is 4.42 Å². The van der Waals surface area contributed by atoms with Crippen LogP contribution in [0.5, 0.6) is 0 Å². The Kier molecular flexibility index (Phi) is 4.43. The highest BCUT2D eigenvalue weighted by Crippen LogP contribution is 2.14. The van der Waals surface area contributed by atoms with Crippen LogP contribution in [0.2, 0.25) is 0 Å². The fraction of sp³-hybridized carbons (Fsp3) is 0.692. The van der Waals surface area contributed by atoms with E-state index in [1.165, 1.54) is 32.5 Å². The zero-order valence-corrected chi connectivity index (χ0v) is 10.1. The van der Waals surface area contributed by atoms with Gasteiger partial charge in [0.05, 0.1) is 12.8 Å². The summed E-state index contributed by atoms with van der Waals surface area (Å²) in [5.74, 6) is 1.96. The molecular formula is C13H22N2O. The van der Waals surface area contributed by atoms with Gasteiger partial charge in [-0.15, -0.1) is 0 Å². The molecule has 0 saturated carbocycles. The summed E-state index contributed by atoms with van der Waals surface area (Å²) < 4.78 is 5.38. The van der Waals surface area contributed by atoms with E-state index in [0.29, 0.717) is 0 Å². The predicted molar refractivity (Wildman–Crippen MR) is 65.3 cm³/mol. The summed E-state index contributed by atoms with van der Waals surface area (Å²) in [6.07, 6.45) is 4.41. The molecule has 1 fully saturated rings. The third-order valence-corrected chi connectivity index (χ3v) is 3.42. The van der Waals surface area contributed by atoms with E-state index in [4.69, 9.17) is 4.42 Å². The number of hydrogen-bond donors (Lipinski definition) is 1. The molecule has 1 atom stereocenters. The van der Waals surface area contributed by atoms with E-state index in [2.05, 4.69) is 23.2 Å². The van der Waals surface area contributed by atoms with Gasteiger partial charge in [-0.05, 0) is 57.1 Å². The monoisotopic (exact) mass is 222 g/mol. The summed E-state index contributed by atoms with van der Waals surface area (Å²) >= 11 is 0. The Hall–Kier alpha value is -0.800. The minimum absolute atomic E-state index is 0.880. The highest BCUT2D eigenvalue weighted by Gasteiger charge is 2.15. The summed E-state index contributed by atoms with van der Waals surface area (Å²) in [7, 11) is 0. The maximum Gasteiger partial charge on any atom is 0.117 e. The van der Waals surface area contributed by atoms with Crippen LogP contribution in [0.3, 0.4) is 0 Å². The molecule has 0 bridgehead atoms. The Bertz CT molecular complexity index is 278. The summed E-state index contributed by atoms with van der Waals surface area (Å²) in [5.41, 5.74) is 0. The molecular weight excluding hydrogens is 200 g/mol. The second-order valence-corrected chi connectivity index (χ2v) is 4.60. The lowest BCUT2D eigenvalue weighted by Gasteiger charge is -2.20. The molecule has 1 unspecified atom stereocenters. The normalized spacial score (nSPS) is 20.8. The van der Waals surface area contributed by atoms with Gasteiger partial charge >= 0.3 is 0 Å². The van der Waals surface area contributed by atoms with E-state index >= 15 is 0 Å². The molecule has 3 heteroatoms. The van der Waals surface area contributed by atoms with Gasteiger partial charge in [-0.1, -0.05) is 6.92 Å². The van der Waals surface area contributed by atoms with E-state index in [1.807, 2.05) is 6.07 Å². The van der Waals surface area contributed by atoms with Crippen molar-refractivity contribution in [3.8, 4) is 0 Å². The second kappa shape index (κ2) is 6.06. The fourth-order valence-corrected chi connectivity index (χ4v) is 2.30. The van der Waals surface area contributed by atoms with E-state index < -0.39 is 0 Å². The summed E-state index contributed by atoms with van der Waals surface area (Å²) in [5, 5.41) is 3.42. The van der Waals surface area contributed by atoms with E-state index in [-0.39, 0.29) is 0 Å². The summed E-state index contributed by atoms with van der Waals surface area (Å²) in [4.78, 5) is 2.46. The average molecular weight is 222 g/mol. The smallest absolute Gasteiger partial charge is 0.117 e.